The van der Waals surface area contributed by atoms with E-state index in [9.17, 15) is 14.4 Å². The molecule has 0 radical (unpaired) electrons. The van der Waals surface area contributed by atoms with Gasteiger partial charge in [0.15, 0.2) is 0 Å². The lowest BCUT2D eigenvalue weighted by molar-refractivity contribution is -0.119. The fraction of sp³-hybridized carbons (Fsp3) is 0.290. The van der Waals surface area contributed by atoms with Gasteiger partial charge < -0.3 is 18.9 Å². The Morgan fingerprint density at radius 2 is 1.54 bits per heavy atom. The second kappa shape index (κ2) is 11.5. The number of benzene rings is 3. The summed E-state index contributed by atoms with van der Waals surface area (Å²) in [5.74, 6) is -0.305. The lowest BCUT2D eigenvalue weighted by atomic mass is 9.93. The SMILES string of the molecule is COC(=O)c1ccc(-c2nc3ccccc3n2CC(=O)N(c2cccc(C(=O)OC)c2)C2CCCCC2)cc1. The van der Waals surface area contributed by atoms with E-state index in [1.54, 1.807) is 30.3 Å². The number of imidazole rings is 1. The van der Waals surface area contributed by atoms with Crippen LogP contribution < -0.4 is 4.90 Å². The average Bonchev–Trinajstić information content (AvgIpc) is 3.35. The highest BCUT2D eigenvalue weighted by Gasteiger charge is 2.29. The number of anilines is 1. The fourth-order valence-electron chi connectivity index (χ4n) is 5.34. The number of methoxy groups -OCH3 is 2. The van der Waals surface area contributed by atoms with Gasteiger partial charge in [0.1, 0.15) is 12.4 Å². The van der Waals surface area contributed by atoms with Crippen molar-refractivity contribution < 1.29 is 23.9 Å². The molecule has 1 amide bonds. The van der Waals surface area contributed by atoms with Crippen molar-refractivity contribution in [3.63, 3.8) is 0 Å². The molecule has 8 heteroatoms. The largest absolute Gasteiger partial charge is 0.465 e. The second-order valence-electron chi connectivity index (χ2n) is 9.68. The molecule has 1 aliphatic carbocycles. The Balaban J connectivity index is 1.55. The first-order valence-electron chi connectivity index (χ1n) is 13.1. The number of nitrogens with zero attached hydrogens (tertiary/aromatic N) is 3. The number of aromatic nitrogens is 2. The van der Waals surface area contributed by atoms with Gasteiger partial charge in [0.2, 0.25) is 5.91 Å². The quantitative estimate of drug-likeness (QED) is 0.290. The van der Waals surface area contributed by atoms with Crippen LogP contribution in [0.25, 0.3) is 22.4 Å². The maximum Gasteiger partial charge on any atom is 0.337 e. The minimum absolute atomic E-state index is 0.0386. The van der Waals surface area contributed by atoms with Crippen LogP contribution in [0.1, 0.15) is 52.8 Å². The molecular formula is C31H31N3O5. The van der Waals surface area contributed by atoms with Crippen LogP contribution in [-0.4, -0.2) is 47.7 Å². The number of ether oxygens (including phenoxy) is 2. The summed E-state index contributed by atoms with van der Waals surface area (Å²) in [4.78, 5) is 45.1. The van der Waals surface area contributed by atoms with E-state index in [0.29, 0.717) is 22.6 Å². The molecule has 0 aliphatic heterocycles. The van der Waals surface area contributed by atoms with Crippen LogP contribution in [0.5, 0.6) is 0 Å². The molecule has 200 valence electrons. The van der Waals surface area contributed by atoms with Gasteiger partial charge in [0.25, 0.3) is 0 Å². The van der Waals surface area contributed by atoms with Gasteiger partial charge in [0, 0.05) is 17.3 Å². The van der Waals surface area contributed by atoms with Crippen LogP contribution in [0, 0.1) is 0 Å². The van der Waals surface area contributed by atoms with Crippen LogP contribution in [0.2, 0.25) is 0 Å². The fourth-order valence-corrected chi connectivity index (χ4v) is 5.34. The first kappa shape index (κ1) is 26.2. The molecule has 0 atom stereocenters. The third-order valence-electron chi connectivity index (χ3n) is 7.27. The van der Waals surface area contributed by atoms with Crippen LogP contribution in [-0.2, 0) is 20.8 Å². The van der Waals surface area contributed by atoms with E-state index in [4.69, 9.17) is 14.5 Å². The topological polar surface area (TPSA) is 90.7 Å². The van der Waals surface area contributed by atoms with Crippen molar-refractivity contribution in [3.05, 3.63) is 83.9 Å². The van der Waals surface area contributed by atoms with E-state index in [-0.39, 0.29) is 18.5 Å². The Morgan fingerprint density at radius 3 is 2.26 bits per heavy atom. The second-order valence-corrected chi connectivity index (χ2v) is 9.68. The standard InChI is InChI=1S/C31H31N3O5/c1-38-30(36)22-17-15-21(16-18-22)29-32-26-13-6-7-14-27(26)33(29)20-28(35)34(24-10-4-3-5-11-24)25-12-8-9-23(19-25)31(37)39-2/h6-9,12-19,24H,3-5,10-11,20H2,1-2H3. The maximum atomic E-state index is 14.2. The normalized spacial score (nSPS) is 13.7. The molecule has 0 unspecified atom stereocenters. The van der Waals surface area contributed by atoms with E-state index in [0.717, 1.165) is 48.7 Å². The summed E-state index contributed by atoms with van der Waals surface area (Å²) in [5, 5.41) is 0. The van der Waals surface area contributed by atoms with E-state index in [1.807, 2.05) is 51.9 Å². The van der Waals surface area contributed by atoms with E-state index in [1.165, 1.54) is 14.2 Å². The van der Waals surface area contributed by atoms with Crippen LogP contribution in [0.3, 0.4) is 0 Å². The molecule has 1 aliphatic rings. The van der Waals surface area contributed by atoms with Crippen molar-refractivity contribution in [2.75, 3.05) is 19.1 Å². The van der Waals surface area contributed by atoms with Crippen LogP contribution >= 0.6 is 0 Å². The van der Waals surface area contributed by atoms with Gasteiger partial charge in [-0.3, -0.25) is 4.79 Å². The molecule has 0 saturated heterocycles. The molecule has 4 aromatic rings. The summed E-state index contributed by atoms with van der Waals surface area (Å²) in [5.41, 5.74) is 3.92. The molecule has 3 aromatic carbocycles. The lowest BCUT2D eigenvalue weighted by Gasteiger charge is -2.35. The first-order chi connectivity index (χ1) is 19.0. The number of carbonyl (C=O) groups excluding carboxylic acids is 3. The molecule has 1 heterocycles. The monoisotopic (exact) mass is 525 g/mol. The van der Waals surface area contributed by atoms with Gasteiger partial charge in [0.05, 0.1) is 36.4 Å². The number of esters is 2. The molecule has 1 saturated carbocycles. The van der Waals surface area contributed by atoms with Gasteiger partial charge in [-0.05, 0) is 55.3 Å². The predicted molar refractivity (Wildman–Crippen MR) is 149 cm³/mol. The lowest BCUT2D eigenvalue weighted by Crippen LogP contribution is -2.43. The zero-order valence-electron chi connectivity index (χ0n) is 22.1. The van der Waals surface area contributed by atoms with Crippen molar-refractivity contribution in [3.8, 4) is 11.4 Å². The molecule has 0 spiro atoms. The Morgan fingerprint density at radius 1 is 0.846 bits per heavy atom. The molecule has 5 rings (SSSR count). The molecule has 39 heavy (non-hydrogen) atoms. The molecule has 0 bridgehead atoms. The van der Waals surface area contributed by atoms with Gasteiger partial charge in [-0.2, -0.15) is 0 Å². The number of hydrogen-bond acceptors (Lipinski definition) is 6. The highest BCUT2D eigenvalue weighted by Crippen LogP contribution is 2.31. The number of para-hydroxylation sites is 2. The van der Waals surface area contributed by atoms with Gasteiger partial charge in [-0.25, -0.2) is 14.6 Å². The number of fused-ring (bicyclic) bond motifs is 1. The third kappa shape index (κ3) is 5.41. The Hall–Kier alpha value is -4.46. The number of rotatable bonds is 7. The molecule has 1 aromatic heterocycles. The van der Waals surface area contributed by atoms with Crippen LogP contribution in [0.4, 0.5) is 5.69 Å². The minimum Gasteiger partial charge on any atom is -0.465 e. The predicted octanol–water partition coefficient (Wildman–Crippen LogP) is 5.64. The van der Waals surface area contributed by atoms with E-state index in [2.05, 4.69) is 0 Å². The molecule has 8 nitrogen and oxygen atoms in total. The molecule has 1 fully saturated rings. The van der Waals surface area contributed by atoms with Crippen molar-refractivity contribution in [2.24, 2.45) is 0 Å². The summed E-state index contributed by atoms with van der Waals surface area (Å²) < 4.78 is 11.7. The van der Waals surface area contributed by atoms with Crippen molar-refractivity contribution in [2.45, 2.75) is 44.7 Å². The average molecular weight is 526 g/mol. The van der Waals surface area contributed by atoms with Gasteiger partial charge >= 0.3 is 11.9 Å². The highest BCUT2D eigenvalue weighted by atomic mass is 16.5. The van der Waals surface area contributed by atoms with E-state index >= 15 is 0 Å². The minimum atomic E-state index is -0.439. The Bertz CT molecular complexity index is 1500. The van der Waals surface area contributed by atoms with Crippen LogP contribution in [0.15, 0.2) is 72.8 Å². The summed E-state index contributed by atoms with van der Waals surface area (Å²) >= 11 is 0. The summed E-state index contributed by atoms with van der Waals surface area (Å²) in [6, 6.07) is 21.8. The van der Waals surface area contributed by atoms with Crippen molar-refractivity contribution in [1.82, 2.24) is 9.55 Å². The number of hydrogen-bond donors (Lipinski definition) is 0. The zero-order chi connectivity index (χ0) is 27.4. The van der Waals surface area contributed by atoms with Crippen molar-refractivity contribution in [1.29, 1.82) is 0 Å². The Labute approximate surface area is 227 Å². The van der Waals surface area contributed by atoms with Crippen molar-refractivity contribution >= 4 is 34.6 Å². The number of carbonyl (C=O) groups is 3. The van der Waals surface area contributed by atoms with E-state index < -0.39 is 11.9 Å². The summed E-state index contributed by atoms with van der Waals surface area (Å²) in [7, 11) is 2.70. The molecule has 0 N–H and O–H groups in total. The van der Waals surface area contributed by atoms with Gasteiger partial charge in [-0.15, -0.1) is 0 Å². The first-order valence-corrected chi connectivity index (χ1v) is 13.1. The number of amides is 1. The smallest absolute Gasteiger partial charge is 0.337 e. The van der Waals surface area contributed by atoms with Gasteiger partial charge in [-0.1, -0.05) is 49.6 Å². The zero-order valence-corrected chi connectivity index (χ0v) is 22.1. The summed E-state index contributed by atoms with van der Waals surface area (Å²) in [6.07, 6.45) is 5.06. The molecular weight excluding hydrogens is 494 g/mol. The summed E-state index contributed by atoms with van der Waals surface area (Å²) in [6.45, 7) is 0.0630. The maximum absolute atomic E-state index is 14.2. The Kier molecular flexibility index (Phi) is 7.72. The third-order valence-corrected chi connectivity index (χ3v) is 7.27. The highest BCUT2D eigenvalue weighted by molar-refractivity contribution is 5.97.